The first-order chi connectivity index (χ1) is 12.6. The van der Waals surface area contributed by atoms with Crippen LogP contribution in [0.2, 0.25) is 0 Å². The molecule has 2 aromatic carbocycles. The predicted octanol–water partition coefficient (Wildman–Crippen LogP) is 3.65. The molecule has 0 radical (unpaired) electrons. The lowest BCUT2D eigenvalue weighted by molar-refractivity contribution is -0.165. The fraction of sp³-hybridized carbons (Fsp3) is 0.167. The van der Waals surface area contributed by atoms with Crippen molar-refractivity contribution in [2.45, 2.75) is 11.1 Å². The molecule has 5 nitrogen and oxygen atoms in total. The number of sulfone groups is 1. The highest BCUT2D eigenvalue weighted by atomic mass is 32.2. The number of ether oxygens (including phenoxy) is 2. The molecule has 0 bridgehead atoms. The van der Waals surface area contributed by atoms with Crippen LogP contribution in [-0.4, -0.2) is 34.6 Å². The summed E-state index contributed by atoms with van der Waals surface area (Å²) in [6.45, 7) is 0. The van der Waals surface area contributed by atoms with E-state index in [1.807, 2.05) is 0 Å². The average molecular weight is 400 g/mol. The summed E-state index contributed by atoms with van der Waals surface area (Å²) in [6, 6.07) is 10.5. The number of Topliss-reactive ketones (excluding diaryl/α,β-unsaturated/α-hetero) is 1. The Morgan fingerprint density at radius 2 is 1.63 bits per heavy atom. The normalized spacial score (nSPS) is 12.6. The zero-order chi connectivity index (χ0) is 20.2. The number of carbonyl (C=O) groups excluding carboxylic acids is 1. The SMILES string of the molecule is COc1ccc(/C=C(\C(=O)C(F)(F)F)S(=O)(=O)c2ccccc2)c(OC)c1. The molecule has 0 unspecified atom stereocenters. The zero-order valence-corrected chi connectivity index (χ0v) is 15.1. The Bertz CT molecular complexity index is 964. The molecule has 0 aliphatic carbocycles. The number of hydrogen-bond acceptors (Lipinski definition) is 5. The third-order valence-electron chi connectivity index (χ3n) is 3.55. The molecule has 0 fully saturated rings. The standard InChI is InChI=1S/C18H15F3O5S/c1-25-13-9-8-12(15(11-13)26-2)10-16(17(22)18(19,20)21)27(23,24)14-6-4-3-5-7-14/h3-11H,1-2H3/b16-10+. The largest absolute Gasteiger partial charge is 0.497 e. The van der Waals surface area contributed by atoms with Gasteiger partial charge in [-0.05, 0) is 30.3 Å². The number of ketones is 1. The Morgan fingerprint density at radius 3 is 2.15 bits per heavy atom. The maximum atomic E-state index is 13.0. The number of carbonyl (C=O) groups is 1. The van der Waals surface area contributed by atoms with Crippen molar-refractivity contribution in [3.63, 3.8) is 0 Å². The molecule has 0 heterocycles. The van der Waals surface area contributed by atoms with Gasteiger partial charge in [-0.15, -0.1) is 0 Å². The fourth-order valence-electron chi connectivity index (χ4n) is 2.21. The van der Waals surface area contributed by atoms with E-state index in [2.05, 4.69) is 0 Å². The number of halogens is 3. The molecular weight excluding hydrogens is 385 g/mol. The van der Waals surface area contributed by atoms with Gasteiger partial charge < -0.3 is 9.47 Å². The number of rotatable bonds is 6. The minimum absolute atomic E-state index is 0.0228. The van der Waals surface area contributed by atoms with Crippen molar-refractivity contribution in [3.8, 4) is 11.5 Å². The number of hydrogen-bond donors (Lipinski definition) is 0. The third-order valence-corrected chi connectivity index (χ3v) is 5.33. The van der Waals surface area contributed by atoms with Crippen LogP contribution >= 0.6 is 0 Å². The van der Waals surface area contributed by atoms with E-state index in [-0.39, 0.29) is 11.3 Å². The van der Waals surface area contributed by atoms with Crippen molar-refractivity contribution in [2.24, 2.45) is 0 Å². The van der Waals surface area contributed by atoms with E-state index in [1.165, 1.54) is 50.6 Å². The molecule has 0 N–H and O–H groups in total. The van der Waals surface area contributed by atoms with Crippen LogP contribution in [0.1, 0.15) is 5.56 Å². The molecule has 0 amide bonds. The van der Waals surface area contributed by atoms with Crippen LogP contribution in [0.25, 0.3) is 6.08 Å². The summed E-state index contributed by atoms with van der Waals surface area (Å²) < 4.78 is 74.6. The van der Waals surface area contributed by atoms with Gasteiger partial charge in [-0.1, -0.05) is 18.2 Å². The lowest BCUT2D eigenvalue weighted by Gasteiger charge is -2.13. The Morgan fingerprint density at radius 1 is 1.00 bits per heavy atom. The lowest BCUT2D eigenvalue weighted by Crippen LogP contribution is -2.28. The van der Waals surface area contributed by atoms with E-state index in [9.17, 15) is 26.4 Å². The van der Waals surface area contributed by atoms with Crippen molar-refractivity contribution >= 4 is 21.7 Å². The maximum Gasteiger partial charge on any atom is 0.455 e. The van der Waals surface area contributed by atoms with E-state index in [1.54, 1.807) is 0 Å². The summed E-state index contributed by atoms with van der Waals surface area (Å²) in [7, 11) is -2.09. The van der Waals surface area contributed by atoms with Crippen LogP contribution in [0.15, 0.2) is 58.3 Å². The molecule has 2 aromatic rings. The first kappa shape index (κ1) is 20.5. The first-order valence-corrected chi connectivity index (χ1v) is 8.95. The molecule has 0 aromatic heterocycles. The zero-order valence-electron chi connectivity index (χ0n) is 14.3. The van der Waals surface area contributed by atoms with E-state index >= 15 is 0 Å². The van der Waals surface area contributed by atoms with Crippen LogP contribution in [0.3, 0.4) is 0 Å². The summed E-state index contributed by atoms with van der Waals surface area (Å²) in [5.41, 5.74) is -0.0228. The van der Waals surface area contributed by atoms with Crippen molar-refractivity contribution in [3.05, 3.63) is 59.0 Å². The van der Waals surface area contributed by atoms with Gasteiger partial charge in [-0.3, -0.25) is 4.79 Å². The molecule has 27 heavy (non-hydrogen) atoms. The molecule has 2 rings (SSSR count). The Labute approximate surface area is 153 Å². The molecule has 0 aliphatic rings. The smallest absolute Gasteiger partial charge is 0.455 e. The second kappa shape index (κ2) is 7.83. The minimum Gasteiger partial charge on any atom is -0.497 e. The van der Waals surface area contributed by atoms with Gasteiger partial charge in [0, 0.05) is 11.6 Å². The molecule has 0 spiro atoms. The Hall–Kier alpha value is -2.81. The van der Waals surface area contributed by atoms with Gasteiger partial charge in [0.05, 0.1) is 19.1 Å². The summed E-state index contributed by atoms with van der Waals surface area (Å²) in [5, 5.41) is 0. The topological polar surface area (TPSA) is 69.7 Å². The van der Waals surface area contributed by atoms with Gasteiger partial charge in [0.25, 0.3) is 5.78 Å². The van der Waals surface area contributed by atoms with Crippen LogP contribution < -0.4 is 9.47 Å². The molecule has 9 heteroatoms. The maximum absolute atomic E-state index is 13.0. The highest BCUT2D eigenvalue weighted by molar-refractivity contribution is 7.96. The molecule has 0 saturated carbocycles. The minimum atomic E-state index is -5.37. The number of benzene rings is 2. The van der Waals surface area contributed by atoms with E-state index in [4.69, 9.17) is 9.47 Å². The molecule has 144 valence electrons. The fourth-order valence-corrected chi connectivity index (χ4v) is 3.62. The van der Waals surface area contributed by atoms with Gasteiger partial charge in [0.1, 0.15) is 16.4 Å². The van der Waals surface area contributed by atoms with Gasteiger partial charge >= 0.3 is 6.18 Å². The van der Waals surface area contributed by atoms with Gasteiger partial charge in [0.2, 0.25) is 9.84 Å². The van der Waals surface area contributed by atoms with Gasteiger partial charge in [-0.2, -0.15) is 13.2 Å². The van der Waals surface area contributed by atoms with Crippen LogP contribution in [0.4, 0.5) is 13.2 Å². The van der Waals surface area contributed by atoms with E-state index < -0.39 is 31.6 Å². The summed E-state index contributed by atoms with van der Waals surface area (Å²) in [6.07, 6.45) is -4.72. The Balaban J connectivity index is 2.72. The molecular formula is C18H15F3O5S. The van der Waals surface area contributed by atoms with E-state index in [0.717, 1.165) is 12.1 Å². The van der Waals surface area contributed by atoms with Crippen LogP contribution in [0, 0.1) is 0 Å². The summed E-state index contributed by atoms with van der Waals surface area (Å²) in [4.78, 5) is 10.0. The van der Waals surface area contributed by atoms with E-state index in [0.29, 0.717) is 11.8 Å². The Kier molecular flexibility index (Phi) is 5.94. The third kappa shape index (κ3) is 4.48. The number of alkyl halides is 3. The lowest BCUT2D eigenvalue weighted by atomic mass is 10.1. The monoisotopic (exact) mass is 400 g/mol. The molecule has 0 atom stereocenters. The predicted molar refractivity (Wildman–Crippen MR) is 92.2 cm³/mol. The van der Waals surface area contributed by atoms with Crippen LogP contribution in [-0.2, 0) is 14.6 Å². The van der Waals surface area contributed by atoms with Crippen molar-refractivity contribution < 1.29 is 35.9 Å². The average Bonchev–Trinajstić information content (AvgIpc) is 2.65. The molecule has 0 saturated heterocycles. The highest BCUT2D eigenvalue weighted by Crippen LogP contribution is 2.32. The van der Waals surface area contributed by atoms with Crippen LogP contribution in [0.5, 0.6) is 11.5 Å². The first-order valence-electron chi connectivity index (χ1n) is 7.46. The summed E-state index contributed by atoms with van der Waals surface area (Å²) >= 11 is 0. The van der Waals surface area contributed by atoms with Crippen molar-refractivity contribution in [1.82, 2.24) is 0 Å². The molecule has 0 aliphatic heterocycles. The van der Waals surface area contributed by atoms with Gasteiger partial charge in [-0.25, -0.2) is 8.42 Å². The second-order valence-corrected chi connectivity index (χ2v) is 7.18. The second-order valence-electron chi connectivity index (χ2n) is 5.26. The summed E-state index contributed by atoms with van der Waals surface area (Å²) in [5.74, 6) is -2.08. The van der Waals surface area contributed by atoms with Crippen molar-refractivity contribution in [1.29, 1.82) is 0 Å². The van der Waals surface area contributed by atoms with Crippen molar-refractivity contribution in [2.75, 3.05) is 14.2 Å². The quantitative estimate of drug-likeness (QED) is 0.693. The highest BCUT2D eigenvalue weighted by Gasteiger charge is 2.45. The van der Waals surface area contributed by atoms with Gasteiger partial charge in [0.15, 0.2) is 0 Å². The number of methoxy groups -OCH3 is 2. The number of allylic oxidation sites excluding steroid dienone is 1.